The number of hydrogen-bond acceptors (Lipinski definition) is 2. The SMILES string of the molecule is Cc1cccc(/C(=C/c2ccc(C#N)c(F)c2)c2cn(C(c3ccccc3)(c3ccccc3)c3ccccc3)cn2)c1C. The number of hydrogen-bond donors (Lipinski definition) is 0. The van der Waals surface area contributed by atoms with Gasteiger partial charge in [0.2, 0.25) is 0 Å². The first-order valence-corrected chi connectivity index (χ1v) is 14.2. The van der Waals surface area contributed by atoms with Crippen molar-refractivity contribution in [3.63, 3.8) is 0 Å². The predicted octanol–water partition coefficient (Wildman–Crippen LogP) is 8.94. The van der Waals surface area contributed by atoms with Crippen LogP contribution in [0.25, 0.3) is 11.6 Å². The average Bonchev–Trinajstić information content (AvgIpc) is 3.54. The van der Waals surface area contributed by atoms with Gasteiger partial charge in [-0.25, -0.2) is 9.37 Å². The van der Waals surface area contributed by atoms with E-state index in [1.807, 2.05) is 42.7 Å². The van der Waals surface area contributed by atoms with E-state index in [0.717, 1.165) is 44.6 Å². The van der Waals surface area contributed by atoms with Gasteiger partial charge in [0.1, 0.15) is 17.4 Å². The third-order valence-corrected chi connectivity index (χ3v) is 8.14. The number of imidazole rings is 1. The zero-order valence-electron chi connectivity index (χ0n) is 24.1. The molecule has 5 aromatic carbocycles. The maximum absolute atomic E-state index is 14.7. The van der Waals surface area contributed by atoms with Gasteiger partial charge >= 0.3 is 0 Å². The molecular formula is C39H30FN3. The molecular weight excluding hydrogens is 529 g/mol. The smallest absolute Gasteiger partial charge is 0.141 e. The van der Waals surface area contributed by atoms with Crippen LogP contribution in [0, 0.1) is 31.0 Å². The summed E-state index contributed by atoms with van der Waals surface area (Å²) in [6.07, 6.45) is 5.93. The monoisotopic (exact) mass is 559 g/mol. The van der Waals surface area contributed by atoms with Gasteiger partial charge in [-0.05, 0) is 71.0 Å². The minimum atomic E-state index is -0.706. The summed E-state index contributed by atoms with van der Waals surface area (Å²) in [6, 6.07) is 44.2. The molecule has 0 unspecified atom stereocenters. The van der Waals surface area contributed by atoms with Crippen LogP contribution in [0.4, 0.5) is 4.39 Å². The van der Waals surface area contributed by atoms with Crippen molar-refractivity contribution in [2.45, 2.75) is 19.4 Å². The molecule has 0 bridgehead atoms. The van der Waals surface area contributed by atoms with Crippen molar-refractivity contribution < 1.29 is 4.39 Å². The van der Waals surface area contributed by atoms with Crippen LogP contribution < -0.4 is 0 Å². The lowest BCUT2D eigenvalue weighted by molar-refractivity contribution is 0.514. The van der Waals surface area contributed by atoms with Crippen LogP contribution in [0.2, 0.25) is 0 Å². The zero-order chi connectivity index (χ0) is 29.8. The molecule has 0 aliphatic carbocycles. The molecule has 0 aliphatic rings. The van der Waals surface area contributed by atoms with E-state index in [2.05, 4.69) is 110 Å². The molecule has 4 heteroatoms. The van der Waals surface area contributed by atoms with Crippen molar-refractivity contribution >= 4 is 11.6 Å². The second-order valence-corrected chi connectivity index (χ2v) is 10.6. The highest BCUT2D eigenvalue weighted by Crippen LogP contribution is 2.41. The average molecular weight is 560 g/mol. The Bertz CT molecular complexity index is 1850. The first kappa shape index (κ1) is 27.6. The fraction of sp³-hybridized carbons (Fsp3) is 0.0769. The Morgan fingerprint density at radius 1 is 0.767 bits per heavy atom. The molecule has 0 N–H and O–H groups in total. The van der Waals surface area contributed by atoms with Gasteiger partial charge < -0.3 is 4.57 Å². The van der Waals surface area contributed by atoms with Gasteiger partial charge in [-0.1, -0.05) is 115 Å². The molecule has 6 aromatic rings. The highest BCUT2D eigenvalue weighted by molar-refractivity contribution is 5.91. The van der Waals surface area contributed by atoms with Crippen molar-refractivity contribution in [1.82, 2.24) is 9.55 Å². The molecule has 43 heavy (non-hydrogen) atoms. The number of aryl methyl sites for hydroxylation is 1. The Kier molecular flexibility index (Phi) is 7.56. The topological polar surface area (TPSA) is 41.6 Å². The summed E-state index contributed by atoms with van der Waals surface area (Å²) in [5.41, 5.74) is 8.18. The first-order valence-electron chi connectivity index (χ1n) is 14.2. The maximum atomic E-state index is 14.7. The summed E-state index contributed by atoms with van der Waals surface area (Å²) < 4.78 is 16.9. The molecule has 0 atom stereocenters. The van der Waals surface area contributed by atoms with Gasteiger partial charge in [-0.15, -0.1) is 0 Å². The van der Waals surface area contributed by atoms with Gasteiger partial charge in [-0.3, -0.25) is 0 Å². The lowest BCUT2D eigenvalue weighted by Crippen LogP contribution is -2.36. The lowest BCUT2D eigenvalue weighted by Gasteiger charge is -2.37. The zero-order valence-corrected chi connectivity index (χ0v) is 24.1. The molecule has 1 aromatic heterocycles. The summed E-state index contributed by atoms with van der Waals surface area (Å²) in [5.74, 6) is -0.543. The maximum Gasteiger partial charge on any atom is 0.141 e. The molecule has 0 aliphatic heterocycles. The normalized spacial score (nSPS) is 11.7. The van der Waals surface area contributed by atoms with Crippen molar-refractivity contribution in [2.75, 3.05) is 0 Å². The Labute approximate surface area is 251 Å². The van der Waals surface area contributed by atoms with Crippen molar-refractivity contribution in [1.29, 1.82) is 5.26 Å². The molecule has 6 rings (SSSR count). The quantitative estimate of drug-likeness (QED) is 0.145. The largest absolute Gasteiger partial charge is 0.318 e. The van der Waals surface area contributed by atoms with E-state index in [0.29, 0.717) is 5.56 Å². The van der Waals surface area contributed by atoms with Gasteiger partial charge in [0.05, 0.1) is 17.6 Å². The second-order valence-electron chi connectivity index (χ2n) is 10.6. The molecule has 3 nitrogen and oxygen atoms in total. The number of halogens is 1. The van der Waals surface area contributed by atoms with E-state index in [4.69, 9.17) is 4.98 Å². The summed E-state index contributed by atoms with van der Waals surface area (Å²) in [4.78, 5) is 5.01. The fourth-order valence-electron chi connectivity index (χ4n) is 5.84. The van der Waals surface area contributed by atoms with Crippen LogP contribution in [0.15, 0.2) is 140 Å². The lowest BCUT2D eigenvalue weighted by atomic mass is 9.76. The van der Waals surface area contributed by atoms with Gasteiger partial charge in [0.25, 0.3) is 0 Å². The van der Waals surface area contributed by atoms with Crippen LogP contribution in [-0.4, -0.2) is 9.55 Å². The van der Waals surface area contributed by atoms with Crippen LogP contribution >= 0.6 is 0 Å². The first-order chi connectivity index (χ1) is 21.0. The Hall–Kier alpha value is -5.53. The van der Waals surface area contributed by atoms with Gasteiger partial charge in [-0.2, -0.15) is 5.26 Å². The molecule has 1 heterocycles. The Morgan fingerprint density at radius 3 is 1.88 bits per heavy atom. The van der Waals surface area contributed by atoms with Crippen LogP contribution in [-0.2, 0) is 5.54 Å². The molecule has 0 amide bonds. The van der Waals surface area contributed by atoms with Crippen LogP contribution in [0.1, 0.15) is 50.2 Å². The third kappa shape index (κ3) is 5.07. The molecule has 0 spiro atoms. The van der Waals surface area contributed by atoms with Crippen LogP contribution in [0.5, 0.6) is 0 Å². The Morgan fingerprint density at radius 2 is 1.35 bits per heavy atom. The minimum Gasteiger partial charge on any atom is -0.318 e. The minimum absolute atomic E-state index is 0.0214. The van der Waals surface area contributed by atoms with Crippen LogP contribution in [0.3, 0.4) is 0 Å². The number of nitrogens with zero attached hydrogens (tertiary/aromatic N) is 3. The highest BCUT2D eigenvalue weighted by atomic mass is 19.1. The fourth-order valence-corrected chi connectivity index (χ4v) is 5.84. The van der Waals surface area contributed by atoms with Crippen molar-refractivity contribution in [3.8, 4) is 6.07 Å². The van der Waals surface area contributed by atoms with Gasteiger partial charge in [0.15, 0.2) is 0 Å². The molecule has 0 saturated carbocycles. The molecule has 0 saturated heterocycles. The van der Waals surface area contributed by atoms with Gasteiger partial charge in [0, 0.05) is 11.8 Å². The molecule has 208 valence electrons. The highest BCUT2D eigenvalue weighted by Gasteiger charge is 2.38. The van der Waals surface area contributed by atoms with E-state index in [1.54, 1.807) is 6.07 Å². The molecule has 0 radical (unpaired) electrons. The van der Waals surface area contributed by atoms with E-state index in [9.17, 15) is 9.65 Å². The molecule has 0 fully saturated rings. The number of benzene rings is 5. The van der Waals surface area contributed by atoms with E-state index in [1.165, 1.54) is 12.1 Å². The third-order valence-electron chi connectivity index (χ3n) is 8.14. The predicted molar refractivity (Wildman–Crippen MR) is 171 cm³/mol. The Balaban J connectivity index is 1.62. The second kappa shape index (κ2) is 11.8. The van der Waals surface area contributed by atoms with E-state index >= 15 is 0 Å². The number of rotatable bonds is 7. The van der Waals surface area contributed by atoms with E-state index < -0.39 is 11.4 Å². The number of aromatic nitrogens is 2. The standard InChI is InChI=1S/C39H30FN3/c1-28-13-12-20-35(29(28)2)36(23-30-21-22-31(25-41)37(40)24-30)38-26-43(27-42-38)39(32-14-6-3-7-15-32,33-16-8-4-9-17-33)34-18-10-5-11-19-34/h3-24,26-27H,1-2H3/b36-23-. The summed E-state index contributed by atoms with van der Waals surface area (Å²) in [5, 5.41) is 9.26. The van der Waals surface area contributed by atoms with Crippen molar-refractivity contribution in [2.24, 2.45) is 0 Å². The summed E-state index contributed by atoms with van der Waals surface area (Å²) >= 11 is 0. The van der Waals surface area contributed by atoms with E-state index in [-0.39, 0.29) is 5.56 Å². The summed E-state index contributed by atoms with van der Waals surface area (Å²) in [6.45, 7) is 4.18. The number of nitriles is 1. The van der Waals surface area contributed by atoms with Crippen molar-refractivity contribution in [3.05, 3.63) is 196 Å². The summed E-state index contributed by atoms with van der Waals surface area (Å²) in [7, 11) is 0.